The summed E-state index contributed by atoms with van der Waals surface area (Å²) < 4.78 is 0. The quantitative estimate of drug-likeness (QED) is 0.418. The summed E-state index contributed by atoms with van der Waals surface area (Å²) in [7, 11) is 0. The average molecular weight is 233 g/mol. The predicted molar refractivity (Wildman–Crippen MR) is 49.1 cm³/mol. The molecule has 0 aromatic heterocycles. The molecule has 1 aromatic rings. The lowest BCUT2D eigenvalue weighted by molar-refractivity contribution is -0.138. The number of aromatic hydroxyl groups is 2. The molecule has 5 N–H and O–H groups in total. The van der Waals surface area contributed by atoms with Crippen LogP contribution >= 0.6 is 0 Å². The Morgan fingerprint density at radius 1 is 1.33 bits per heavy atom. The Morgan fingerprint density at radius 3 is 2.40 bits per heavy atom. The number of benzene rings is 1. The molecule has 0 fully saturated rings. The third-order valence-corrected chi connectivity index (χ3v) is 1.81. The van der Waals surface area contributed by atoms with Gasteiger partial charge in [-0.15, -0.1) is 0 Å². The monoisotopic (exact) mass is 232 g/mol. The van der Waals surface area contributed by atoms with Crippen molar-refractivity contribution in [1.82, 2.24) is 0 Å². The number of nitrogens with two attached hydrogens (primary N) is 1. The number of halogens is 1. The van der Waals surface area contributed by atoms with Gasteiger partial charge in [0.05, 0.1) is 0 Å². The molecule has 1 atom stereocenters. The summed E-state index contributed by atoms with van der Waals surface area (Å²) in [6.45, 7) is 0. The molecular weight excluding hydrogens is 222 g/mol. The first-order valence-corrected chi connectivity index (χ1v) is 4.00. The van der Waals surface area contributed by atoms with E-state index in [1.165, 1.54) is 18.2 Å². The fourth-order valence-corrected chi connectivity index (χ4v) is 1.04. The van der Waals surface area contributed by atoms with Crippen LogP contribution in [0.2, 0.25) is 0 Å². The molecule has 0 aliphatic rings. The Bertz CT molecular complexity index is 356. The lowest BCUT2D eigenvalue weighted by atomic mass is 10.1. The lowest BCUT2D eigenvalue weighted by Gasteiger charge is -2.06. The van der Waals surface area contributed by atoms with Crippen molar-refractivity contribution in [2.75, 3.05) is 0 Å². The minimum absolute atomic E-state index is 0. The van der Waals surface area contributed by atoms with Gasteiger partial charge in [-0.2, -0.15) is 0 Å². The highest BCUT2D eigenvalue weighted by molar-refractivity contribution is 5.73. The number of phenols is 2. The van der Waals surface area contributed by atoms with Crippen molar-refractivity contribution in [3.63, 3.8) is 0 Å². The van der Waals surface area contributed by atoms with Crippen LogP contribution in [0.1, 0.15) is 5.56 Å². The molecule has 0 bridgehead atoms. The Morgan fingerprint density at radius 2 is 1.93 bits per heavy atom. The molecule has 0 saturated carbocycles. The molecule has 15 heavy (non-hydrogen) atoms. The van der Waals surface area contributed by atoms with Gasteiger partial charge in [-0.25, -0.2) is 0 Å². The SMILES string of the molecule is N[C@@H](Cc1ccc(O)c(O)c1)C(=O)O.[Cl-]. The van der Waals surface area contributed by atoms with Crippen LogP contribution < -0.4 is 18.1 Å². The number of rotatable bonds is 3. The zero-order valence-corrected chi connectivity index (χ0v) is 8.48. The number of carbonyl (C=O) groups is 1. The average Bonchev–Trinajstić information content (AvgIpc) is 2.11. The zero-order valence-electron chi connectivity index (χ0n) is 7.72. The molecule has 5 nitrogen and oxygen atoms in total. The van der Waals surface area contributed by atoms with Gasteiger partial charge in [0.1, 0.15) is 6.04 Å². The van der Waals surface area contributed by atoms with Crippen molar-refractivity contribution in [3.05, 3.63) is 23.8 Å². The van der Waals surface area contributed by atoms with Gasteiger partial charge in [0.25, 0.3) is 0 Å². The van der Waals surface area contributed by atoms with Gasteiger partial charge in [-0.1, -0.05) is 6.07 Å². The number of hydrogen-bond acceptors (Lipinski definition) is 4. The van der Waals surface area contributed by atoms with E-state index in [0.29, 0.717) is 5.56 Å². The Hall–Kier alpha value is -1.46. The molecule has 6 heteroatoms. The van der Waals surface area contributed by atoms with Gasteiger partial charge in [0.15, 0.2) is 11.5 Å². The van der Waals surface area contributed by atoms with E-state index in [9.17, 15) is 4.79 Å². The summed E-state index contributed by atoms with van der Waals surface area (Å²) >= 11 is 0. The van der Waals surface area contributed by atoms with Crippen molar-refractivity contribution < 1.29 is 32.5 Å². The molecule has 1 aromatic carbocycles. The van der Waals surface area contributed by atoms with Crippen LogP contribution in [0.15, 0.2) is 18.2 Å². The molecular formula is C9H11ClNO4-. The third-order valence-electron chi connectivity index (χ3n) is 1.81. The molecule has 0 aliphatic carbocycles. The highest BCUT2D eigenvalue weighted by atomic mass is 35.5. The first kappa shape index (κ1) is 13.5. The van der Waals surface area contributed by atoms with E-state index in [1.807, 2.05) is 0 Å². The fourth-order valence-electron chi connectivity index (χ4n) is 1.04. The molecule has 84 valence electrons. The first-order valence-electron chi connectivity index (χ1n) is 4.00. The topological polar surface area (TPSA) is 104 Å². The van der Waals surface area contributed by atoms with Crippen molar-refractivity contribution in [2.45, 2.75) is 12.5 Å². The summed E-state index contributed by atoms with van der Waals surface area (Å²) in [6, 6.07) is 3.09. The summed E-state index contributed by atoms with van der Waals surface area (Å²) in [6.07, 6.45) is 0.114. The highest BCUT2D eigenvalue weighted by Crippen LogP contribution is 2.25. The molecule has 0 aliphatic heterocycles. The molecule has 1 rings (SSSR count). The zero-order chi connectivity index (χ0) is 10.7. The third kappa shape index (κ3) is 3.65. The number of phenolic OH excluding ortho intramolecular Hbond substituents is 2. The largest absolute Gasteiger partial charge is 1.00 e. The molecule has 0 amide bonds. The van der Waals surface area contributed by atoms with Gasteiger partial charge in [-0.05, 0) is 24.1 Å². The van der Waals surface area contributed by atoms with Crippen LogP contribution in [0.3, 0.4) is 0 Å². The lowest BCUT2D eigenvalue weighted by Crippen LogP contribution is -3.00. The fraction of sp³-hybridized carbons (Fsp3) is 0.222. The second kappa shape index (κ2) is 5.43. The van der Waals surface area contributed by atoms with Crippen LogP contribution in [0.5, 0.6) is 11.5 Å². The number of carboxylic acid groups (broad SMARTS) is 1. The number of aliphatic carboxylic acids is 1. The normalized spacial score (nSPS) is 11.5. The maximum atomic E-state index is 10.4. The maximum absolute atomic E-state index is 10.4. The van der Waals surface area contributed by atoms with Gasteiger partial charge in [0, 0.05) is 0 Å². The van der Waals surface area contributed by atoms with Gasteiger partial charge in [-0.3, -0.25) is 4.79 Å². The van der Waals surface area contributed by atoms with Crippen LogP contribution in [0, 0.1) is 0 Å². The van der Waals surface area contributed by atoms with Crippen molar-refractivity contribution >= 4 is 5.97 Å². The van der Waals surface area contributed by atoms with E-state index >= 15 is 0 Å². The highest BCUT2D eigenvalue weighted by Gasteiger charge is 2.12. The van der Waals surface area contributed by atoms with Crippen molar-refractivity contribution in [3.8, 4) is 11.5 Å². The number of hydrogen-bond donors (Lipinski definition) is 4. The standard InChI is InChI=1S/C9H11NO4.ClH/c10-6(9(13)14)3-5-1-2-7(11)8(12)4-5;/h1-2,4,6,11-12H,3,10H2,(H,13,14);1H/p-1/t6-;/m0./s1. The number of carboxylic acids is 1. The van der Waals surface area contributed by atoms with Crippen molar-refractivity contribution in [2.24, 2.45) is 5.73 Å². The van der Waals surface area contributed by atoms with Gasteiger partial charge in [0.2, 0.25) is 0 Å². The second-order valence-corrected chi connectivity index (χ2v) is 2.97. The van der Waals surface area contributed by atoms with E-state index in [-0.39, 0.29) is 30.3 Å². The summed E-state index contributed by atoms with van der Waals surface area (Å²) in [5, 5.41) is 26.6. The van der Waals surface area contributed by atoms with Crippen LogP contribution in [-0.4, -0.2) is 27.3 Å². The summed E-state index contributed by atoms with van der Waals surface area (Å²) in [5.41, 5.74) is 5.86. The Kier molecular flexibility index (Phi) is 4.90. The van der Waals surface area contributed by atoms with Crippen LogP contribution in [-0.2, 0) is 11.2 Å². The summed E-state index contributed by atoms with van der Waals surface area (Å²) in [5.74, 6) is -1.62. The van der Waals surface area contributed by atoms with Crippen LogP contribution in [0.4, 0.5) is 0 Å². The molecule has 0 unspecified atom stereocenters. The molecule has 0 spiro atoms. The molecule has 0 radical (unpaired) electrons. The molecule has 0 heterocycles. The first-order chi connectivity index (χ1) is 6.50. The predicted octanol–water partition coefficient (Wildman–Crippen LogP) is -2.94. The van der Waals surface area contributed by atoms with Crippen molar-refractivity contribution in [1.29, 1.82) is 0 Å². The van der Waals surface area contributed by atoms with E-state index in [4.69, 9.17) is 21.1 Å². The smallest absolute Gasteiger partial charge is 0.320 e. The van der Waals surface area contributed by atoms with E-state index in [1.54, 1.807) is 0 Å². The Labute approximate surface area is 92.6 Å². The minimum Gasteiger partial charge on any atom is -1.00 e. The Balaban J connectivity index is 0.00000196. The second-order valence-electron chi connectivity index (χ2n) is 2.97. The minimum atomic E-state index is -1.10. The van der Waals surface area contributed by atoms with Gasteiger partial charge >= 0.3 is 5.97 Å². The van der Waals surface area contributed by atoms with Crippen LogP contribution in [0.25, 0.3) is 0 Å². The molecule has 0 saturated heterocycles. The van der Waals surface area contributed by atoms with E-state index < -0.39 is 12.0 Å². The summed E-state index contributed by atoms with van der Waals surface area (Å²) in [4.78, 5) is 10.4. The maximum Gasteiger partial charge on any atom is 0.320 e. The van der Waals surface area contributed by atoms with E-state index in [2.05, 4.69) is 0 Å². The van der Waals surface area contributed by atoms with E-state index in [0.717, 1.165) is 0 Å². The van der Waals surface area contributed by atoms with Gasteiger partial charge < -0.3 is 33.5 Å².